The third kappa shape index (κ3) is 5.14. The summed E-state index contributed by atoms with van der Waals surface area (Å²) in [4.78, 5) is 14.5. The summed E-state index contributed by atoms with van der Waals surface area (Å²) in [7, 11) is 0. The predicted octanol–water partition coefficient (Wildman–Crippen LogP) is 3.31. The molecule has 1 saturated heterocycles. The third-order valence-corrected chi connectivity index (χ3v) is 5.01. The van der Waals surface area contributed by atoms with E-state index in [2.05, 4.69) is 24.1 Å². The summed E-state index contributed by atoms with van der Waals surface area (Å²) in [6, 6.07) is 14.9. The Balaban J connectivity index is 1.52. The van der Waals surface area contributed by atoms with Crippen molar-refractivity contribution in [1.82, 2.24) is 4.90 Å². The maximum Gasteiger partial charge on any atom is 0.253 e. The minimum atomic E-state index is 0.0584. The third-order valence-electron chi connectivity index (χ3n) is 5.01. The number of nitrogens with two attached hydrogens (primary N) is 1. The van der Waals surface area contributed by atoms with Crippen LogP contribution in [0.1, 0.15) is 41.3 Å². The van der Waals surface area contributed by atoms with Gasteiger partial charge in [0.05, 0.1) is 6.54 Å². The molecule has 3 rings (SSSR count). The second-order valence-electron chi connectivity index (χ2n) is 7.20. The highest BCUT2D eigenvalue weighted by molar-refractivity contribution is 5.95. The number of nitrogen functional groups attached to an aromatic ring is 1. The van der Waals surface area contributed by atoms with E-state index in [9.17, 15) is 4.79 Å². The van der Waals surface area contributed by atoms with Gasteiger partial charge in [0.25, 0.3) is 5.91 Å². The van der Waals surface area contributed by atoms with Gasteiger partial charge in [0, 0.05) is 35.5 Å². The van der Waals surface area contributed by atoms with E-state index in [0.717, 1.165) is 42.7 Å². The van der Waals surface area contributed by atoms with Gasteiger partial charge in [-0.05, 0) is 67.3 Å². The first-order chi connectivity index (χ1) is 13.5. The number of piperidine rings is 1. The standard InChI is InChI=1S/C23H26N4O/c1-17-12-15-27(16-13-17)23(28)20-6-4-18(5-7-20)3-2-14-26-21-10-8-19(9-11-21)22(24)25/h4-11,17,26H,12-16H2,1H3,(H3,24,25). The minimum Gasteiger partial charge on any atom is -0.384 e. The SMILES string of the molecule is CC1CCN(C(=O)c2ccc(C#CCNc3ccc(C(=N)N)cc3)cc2)CC1. The molecule has 0 aromatic heterocycles. The summed E-state index contributed by atoms with van der Waals surface area (Å²) in [6.07, 6.45) is 2.17. The first-order valence-corrected chi connectivity index (χ1v) is 9.59. The van der Waals surface area contributed by atoms with Crippen LogP contribution in [0.4, 0.5) is 5.69 Å². The normalized spacial score (nSPS) is 14.1. The lowest BCUT2D eigenvalue weighted by molar-refractivity contribution is 0.0697. The highest BCUT2D eigenvalue weighted by Gasteiger charge is 2.21. The Bertz CT molecular complexity index is 883. The van der Waals surface area contributed by atoms with Crippen LogP contribution in [0.15, 0.2) is 48.5 Å². The van der Waals surface area contributed by atoms with E-state index in [-0.39, 0.29) is 11.7 Å². The molecule has 28 heavy (non-hydrogen) atoms. The van der Waals surface area contributed by atoms with E-state index in [4.69, 9.17) is 11.1 Å². The van der Waals surface area contributed by atoms with Gasteiger partial charge in [0.15, 0.2) is 0 Å². The second-order valence-corrected chi connectivity index (χ2v) is 7.20. The Kier molecular flexibility index (Phi) is 6.33. The van der Waals surface area contributed by atoms with Gasteiger partial charge in [-0.25, -0.2) is 0 Å². The van der Waals surface area contributed by atoms with Crippen LogP contribution >= 0.6 is 0 Å². The zero-order valence-corrected chi connectivity index (χ0v) is 16.2. The van der Waals surface area contributed by atoms with Gasteiger partial charge in [-0.3, -0.25) is 10.2 Å². The van der Waals surface area contributed by atoms with E-state index >= 15 is 0 Å². The quantitative estimate of drug-likeness (QED) is 0.436. The van der Waals surface area contributed by atoms with Crippen molar-refractivity contribution in [3.63, 3.8) is 0 Å². The molecule has 0 bridgehead atoms. The summed E-state index contributed by atoms with van der Waals surface area (Å²) in [5, 5.41) is 10.6. The first-order valence-electron chi connectivity index (χ1n) is 9.59. The van der Waals surface area contributed by atoms with E-state index in [0.29, 0.717) is 18.0 Å². The number of amidine groups is 1. The van der Waals surface area contributed by atoms with Crippen molar-refractivity contribution in [2.75, 3.05) is 25.0 Å². The number of hydrogen-bond donors (Lipinski definition) is 3. The first kappa shape index (κ1) is 19.5. The van der Waals surface area contributed by atoms with E-state index in [1.807, 2.05) is 41.3 Å². The Morgan fingerprint density at radius 1 is 1.11 bits per heavy atom. The van der Waals surface area contributed by atoms with Crippen LogP contribution in [0.5, 0.6) is 0 Å². The van der Waals surface area contributed by atoms with Gasteiger partial charge in [0.2, 0.25) is 0 Å². The molecule has 1 fully saturated rings. The molecule has 0 spiro atoms. The lowest BCUT2D eigenvalue weighted by Gasteiger charge is -2.30. The minimum absolute atomic E-state index is 0.0584. The van der Waals surface area contributed by atoms with Gasteiger partial charge < -0.3 is 16.0 Å². The van der Waals surface area contributed by atoms with Crippen molar-refractivity contribution < 1.29 is 4.79 Å². The van der Waals surface area contributed by atoms with Crippen LogP contribution in [-0.2, 0) is 0 Å². The molecule has 4 N–H and O–H groups in total. The topological polar surface area (TPSA) is 82.2 Å². The fourth-order valence-corrected chi connectivity index (χ4v) is 3.15. The molecular formula is C23H26N4O. The summed E-state index contributed by atoms with van der Waals surface area (Å²) < 4.78 is 0. The predicted molar refractivity (Wildman–Crippen MR) is 114 cm³/mol. The molecule has 1 amide bonds. The molecule has 2 aromatic carbocycles. The Morgan fingerprint density at radius 2 is 1.71 bits per heavy atom. The molecule has 5 heteroatoms. The number of likely N-dealkylation sites (tertiary alicyclic amines) is 1. The van der Waals surface area contributed by atoms with Crippen molar-refractivity contribution in [1.29, 1.82) is 5.41 Å². The molecule has 1 heterocycles. The van der Waals surface area contributed by atoms with Gasteiger partial charge in [-0.15, -0.1) is 0 Å². The van der Waals surface area contributed by atoms with E-state index in [1.165, 1.54) is 0 Å². The van der Waals surface area contributed by atoms with Gasteiger partial charge >= 0.3 is 0 Å². The summed E-state index contributed by atoms with van der Waals surface area (Å²) in [6.45, 7) is 4.44. The molecule has 0 aliphatic carbocycles. The number of rotatable bonds is 4. The average Bonchev–Trinajstić information content (AvgIpc) is 2.72. The van der Waals surface area contributed by atoms with Crippen LogP contribution < -0.4 is 11.1 Å². The van der Waals surface area contributed by atoms with Crippen molar-refractivity contribution in [3.05, 3.63) is 65.2 Å². The second kappa shape index (κ2) is 9.09. The summed E-state index contributed by atoms with van der Waals surface area (Å²) >= 11 is 0. The highest BCUT2D eigenvalue weighted by Crippen LogP contribution is 2.18. The van der Waals surface area contributed by atoms with Crippen LogP contribution in [0.2, 0.25) is 0 Å². The maximum absolute atomic E-state index is 12.6. The van der Waals surface area contributed by atoms with Gasteiger partial charge in [-0.1, -0.05) is 18.8 Å². The molecule has 1 aliphatic rings. The van der Waals surface area contributed by atoms with Crippen LogP contribution in [0.25, 0.3) is 0 Å². The molecule has 0 atom stereocenters. The zero-order chi connectivity index (χ0) is 19.9. The molecule has 0 radical (unpaired) electrons. The Labute approximate surface area is 166 Å². The van der Waals surface area contributed by atoms with Crippen LogP contribution in [0.3, 0.4) is 0 Å². The van der Waals surface area contributed by atoms with E-state index in [1.54, 1.807) is 12.1 Å². The van der Waals surface area contributed by atoms with Crippen molar-refractivity contribution in [2.45, 2.75) is 19.8 Å². The number of hydrogen-bond acceptors (Lipinski definition) is 3. The maximum atomic E-state index is 12.6. The van der Waals surface area contributed by atoms with Crippen LogP contribution in [0, 0.1) is 23.2 Å². The van der Waals surface area contributed by atoms with Crippen LogP contribution in [-0.4, -0.2) is 36.3 Å². The smallest absolute Gasteiger partial charge is 0.253 e. The number of benzene rings is 2. The molecular weight excluding hydrogens is 348 g/mol. The number of carbonyl (C=O) groups is 1. The lowest BCUT2D eigenvalue weighted by atomic mass is 9.98. The van der Waals surface area contributed by atoms with Crippen molar-refractivity contribution >= 4 is 17.4 Å². The Hall–Kier alpha value is -3.26. The fraction of sp³-hybridized carbons (Fsp3) is 0.304. The highest BCUT2D eigenvalue weighted by atomic mass is 16.2. The number of amides is 1. The monoisotopic (exact) mass is 374 g/mol. The van der Waals surface area contributed by atoms with Crippen molar-refractivity contribution in [3.8, 4) is 11.8 Å². The molecule has 1 aliphatic heterocycles. The average molecular weight is 374 g/mol. The molecule has 2 aromatic rings. The van der Waals surface area contributed by atoms with E-state index < -0.39 is 0 Å². The summed E-state index contributed by atoms with van der Waals surface area (Å²) in [5.74, 6) is 7.07. The molecule has 0 saturated carbocycles. The molecule has 0 unspecified atom stereocenters. The fourth-order valence-electron chi connectivity index (χ4n) is 3.15. The summed E-state index contributed by atoms with van der Waals surface area (Å²) in [5.41, 5.74) is 8.68. The number of carbonyl (C=O) groups excluding carboxylic acids is 1. The van der Waals surface area contributed by atoms with Gasteiger partial charge in [-0.2, -0.15) is 0 Å². The molecule has 144 valence electrons. The van der Waals surface area contributed by atoms with Gasteiger partial charge in [0.1, 0.15) is 5.84 Å². The number of anilines is 1. The number of nitrogens with zero attached hydrogens (tertiary/aromatic N) is 1. The Morgan fingerprint density at radius 3 is 2.32 bits per heavy atom. The van der Waals surface area contributed by atoms with Crippen molar-refractivity contribution in [2.24, 2.45) is 11.7 Å². The lowest BCUT2D eigenvalue weighted by Crippen LogP contribution is -2.37. The molecule has 5 nitrogen and oxygen atoms in total. The largest absolute Gasteiger partial charge is 0.384 e. The zero-order valence-electron chi connectivity index (χ0n) is 16.2. The number of nitrogens with one attached hydrogen (secondary N) is 2.